The molecule has 0 fully saturated rings. The summed E-state index contributed by atoms with van der Waals surface area (Å²) in [7, 11) is 1.52. The highest BCUT2D eigenvalue weighted by Gasteiger charge is 2.13. The lowest BCUT2D eigenvalue weighted by Crippen LogP contribution is -2.30. The Labute approximate surface area is 194 Å². The highest BCUT2D eigenvalue weighted by molar-refractivity contribution is 6.06. The van der Waals surface area contributed by atoms with Crippen LogP contribution in [0.3, 0.4) is 0 Å². The van der Waals surface area contributed by atoms with Gasteiger partial charge in [-0.15, -0.1) is 0 Å². The summed E-state index contributed by atoms with van der Waals surface area (Å²) in [4.78, 5) is 44.6. The number of carbonyl (C=O) groups is 2. The number of benzene rings is 1. The van der Waals surface area contributed by atoms with Crippen LogP contribution in [0.25, 0.3) is 22.2 Å². The van der Waals surface area contributed by atoms with E-state index in [0.29, 0.717) is 27.7 Å². The van der Waals surface area contributed by atoms with E-state index in [1.54, 1.807) is 36.8 Å². The Balaban J connectivity index is 1.59. The van der Waals surface area contributed by atoms with Gasteiger partial charge in [-0.1, -0.05) is 24.0 Å². The number of nitrogen functional groups attached to an aromatic ring is 1. The van der Waals surface area contributed by atoms with E-state index in [4.69, 9.17) is 5.84 Å². The van der Waals surface area contributed by atoms with Crippen molar-refractivity contribution in [3.05, 3.63) is 94.2 Å². The topological polar surface area (TPSA) is 132 Å². The van der Waals surface area contributed by atoms with Gasteiger partial charge in [-0.25, -0.2) is 10.8 Å². The maximum Gasteiger partial charge on any atom is 0.265 e. The number of hydrogen-bond donors (Lipinski definition) is 3. The number of fused-ring (bicyclic) bond motifs is 1. The second-order valence-electron chi connectivity index (χ2n) is 7.30. The van der Waals surface area contributed by atoms with Crippen molar-refractivity contribution in [2.75, 3.05) is 7.05 Å². The van der Waals surface area contributed by atoms with Gasteiger partial charge in [-0.05, 0) is 30.3 Å². The number of rotatable bonds is 4. The van der Waals surface area contributed by atoms with Crippen LogP contribution in [0.15, 0.2) is 71.9 Å². The van der Waals surface area contributed by atoms with Crippen LogP contribution in [0.4, 0.5) is 0 Å². The molecule has 0 aliphatic rings. The SMILES string of the molecule is CNC(=O)Cn1ccc(C#Cc2ccc(-c3cc(C(=O)NN)c4cnccc4n3)cc2)cc1=O. The average Bonchev–Trinajstić information content (AvgIpc) is 2.88. The fourth-order valence-corrected chi connectivity index (χ4v) is 3.30. The number of carbonyl (C=O) groups excluding carboxylic acids is 2. The number of aromatic nitrogens is 3. The van der Waals surface area contributed by atoms with Crippen molar-refractivity contribution >= 4 is 22.7 Å². The van der Waals surface area contributed by atoms with Crippen molar-refractivity contribution in [1.82, 2.24) is 25.3 Å². The number of hydrogen-bond acceptors (Lipinski definition) is 6. The minimum atomic E-state index is -0.429. The Morgan fingerprint density at radius 1 is 1.06 bits per heavy atom. The summed E-state index contributed by atoms with van der Waals surface area (Å²) in [6.07, 6.45) is 4.73. The zero-order valence-electron chi connectivity index (χ0n) is 18.2. The molecule has 34 heavy (non-hydrogen) atoms. The summed E-state index contributed by atoms with van der Waals surface area (Å²) < 4.78 is 1.31. The van der Waals surface area contributed by atoms with Crippen LogP contribution in [0.5, 0.6) is 0 Å². The van der Waals surface area contributed by atoms with Gasteiger partial charge >= 0.3 is 0 Å². The molecule has 3 heterocycles. The molecule has 4 aromatic rings. The Hall–Kier alpha value is -4.81. The van der Waals surface area contributed by atoms with Crippen molar-refractivity contribution in [3.63, 3.8) is 0 Å². The fourth-order valence-electron chi connectivity index (χ4n) is 3.30. The zero-order valence-corrected chi connectivity index (χ0v) is 18.2. The van der Waals surface area contributed by atoms with Crippen LogP contribution < -0.4 is 22.1 Å². The second kappa shape index (κ2) is 9.77. The molecule has 0 bridgehead atoms. The van der Waals surface area contributed by atoms with Crippen molar-refractivity contribution in [3.8, 4) is 23.1 Å². The minimum Gasteiger partial charge on any atom is -0.358 e. The number of nitrogens with zero attached hydrogens (tertiary/aromatic N) is 3. The van der Waals surface area contributed by atoms with E-state index in [1.165, 1.54) is 17.7 Å². The summed E-state index contributed by atoms with van der Waals surface area (Å²) in [5, 5.41) is 3.08. The largest absolute Gasteiger partial charge is 0.358 e. The molecule has 4 rings (SSSR count). The predicted molar refractivity (Wildman–Crippen MR) is 127 cm³/mol. The van der Waals surface area contributed by atoms with Crippen LogP contribution >= 0.6 is 0 Å². The number of nitrogens with two attached hydrogens (primary N) is 1. The van der Waals surface area contributed by atoms with Crippen LogP contribution in [0.1, 0.15) is 21.5 Å². The first-order chi connectivity index (χ1) is 16.5. The molecule has 0 unspecified atom stereocenters. The molecule has 1 aromatic carbocycles. The third-order valence-electron chi connectivity index (χ3n) is 5.11. The van der Waals surface area contributed by atoms with Gasteiger partial charge in [0.1, 0.15) is 6.54 Å². The summed E-state index contributed by atoms with van der Waals surface area (Å²) in [6.45, 7) is -0.0432. The lowest BCUT2D eigenvalue weighted by atomic mass is 10.0. The van der Waals surface area contributed by atoms with Crippen molar-refractivity contribution < 1.29 is 9.59 Å². The van der Waals surface area contributed by atoms with Gasteiger partial charge in [0.15, 0.2) is 0 Å². The third-order valence-corrected chi connectivity index (χ3v) is 5.11. The smallest absolute Gasteiger partial charge is 0.265 e. The third kappa shape index (κ3) is 4.82. The van der Waals surface area contributed by atoms with Crippen molar-refractivity contribution in [1.29, 1.82) is 0 Å². The molecule has 0 atom stereocenters. The summed E-state index contributed by atoms with van der Waals surface area (Å²) >= 11 is 0. The molecule has 0 spiro atoms. The van der Waals surface area contributed by atoms with Gasteiger partial charge in [-0.2, -0.15) is 0 Å². The summed E-state index contributed by atoms with van der Waals surface area (Å²) in [6, 6.07) is 13.8. The molecule has 9 nitrogen and oxygen atoms in total. The maximum atomic E-state index is 12.2. The lowest BCUT2D eigenvalue weighted by Gasteiger charge is -2.08. The first-order valence-corrected chi connectivity index (χ1v) is 10.3. The van der Waals surface area contributed by atoms with E-state index in [-0.39, 0.29) is 18.0 Å². The van der Waals surface area contributed by atoms with Gasteiger partial charge in [0.05, 0.1) is 16.8 Å². The van der Waals surface area contributed by atoms with Gasteiger partial charge in [-0.3, -0.25) is 24.8 Å². The quantitative estimate of drug-likeness (QED) is 0.185. The van der Waals surface area contributed by atoms with Crippen LogP contribution in [-0.4, -0.2) is 33.4 Å². The van der Waals surface area contributed by atoms with E-state index < -0.39 is 5.91 Å². The Morgan fingerprint density at radius 2 is 1.82 bits per heavy atom. The average molecular weight is 452 g/mol. The molecule has 0 saturated heterocycles. The molecule has 3 aromatic heterocycles. The molecule has 9 heteroatoms. The molecule has 2 amide bonds. The van der Waals surface area contributed by atoms with E-state index in [9.17, 15) is 14.4 Å². The van der Waals surface area contributed by atoms with Crippen molar-refractivity contribution in [2.45, 2.75) is 6.54 Å². The van der Waals surface area contributed by atoms with Gasteiger partial charge in [0.2, 0.25) is 5.91 Å². The van der Waals surface area contributed by atoms with Crippen LogP contribution in [0.2, 0.25) is 0 Å². The molecular weight excluding hydrogens is 432 g/mol. The highest BCUT2D eigenvalue weighted by Crippen LogP contribution is 2.24. The van der Waals surface area contributed by atoms with E-state index in [1.807, 2.05) is 24.3 Å². The van der Waals surface area contributed by atoms with E-state index in [0.717, 1.165) is 11.1 Å². The van der Waals surface area contributed by atoms with E-state index >= 15 is 0 Å². The summed E-state index contributed by atoms with van der Waals surface area (Å²) in [5.41, 5.74) is 5.55. The van der Waals surface area contributed by atoms with Crippen LogP contribution in [-0.2, 0) is 11.3 Å². The van der Waals surface area contributed by atoms with Crippen LogP contribution in [0, 0.1) is 11.8 Å². The molecular formula is C25H20N6O3. The monoisotopic (exact) mass is 452 g/mol. The second-order valence-corrected chi connectivity index (χ2v) is 7.30. The fraction of sp³-hybridized carbons (Fsp3) is 0.0800. The molecule has 4 N–H and O–H groups in total. The van der Waals surface area contributed by atoms with Gasteiger partial charge < -0.3 is 9.88 Å². The van der Waals surface area contributed by atoms with Gasteiger partial charge in [0, 0.05) is 53.8 Å². The standard InChI is InChI=1S/C25H20N6O3/c1-27-23(32)15-31-11-9-17(12-24(31)33)3-2-16-4-6-18(7-5-16)22-13-19(25(34)30-26)20-14-28-10-8-21(20)29-22/h4-14H,15,26H2,1H3,(H,27,32)(H,30,34). The molecule has 0 aliphatic heterocycles. The maximum absolute atomic E-state index is 12.2. The minimum absolute atomic E-state index is 0.0432. The number of nitrogens with one attached hydrogen (secondary N) is 2. The first kappa shape index (κ1) is 22.4. The number of amides is 2. The number of hydrazine groups is 1. The predicted octanol–water partition coefficient (Wildman–Crippen LogP) is 1.21. The Bertz CT molecular complexity index is 1510. The molecule has 168 valence electrons. The molecule has 0 aliphatic carbocycles. The normalized spacial score (nSPS) is 10.3. The van der Waals surface area contributed by atoms with Crippen molar-refractivity contribution in [2.24, 2.45) is 5.84 Å². The Kier molecular flexibility index (Phi) is 6.43. The highest BCUT2D eigenvalue weighted by atomic mass is 16.2. The summed E-state index contributed by atoms with van der Waals surface area (Å²) in [5.74, 6) is 10.6. The number of likely N-dealkylation sites (N-methyl/N-ethyl adjacent to an activating group) is 1. The van der Waals surface area contributed by atoms with Gasteiger partial charge in [0.25, 0.3) is 11.5 Å². The number of pyridine rings is 3. The zero-order chi connectivity index (χ0) is 24.1. The molecule has 0 radical (unpaired) electrons. The first-order valence-electron chi connectivity index (χ1n) is 10.3. The molecule has 0 saturated carbocycles. The van der Waals surface area contributed by atoms with E-state index in [2.05, 4.69) is 32.6 Å². The lowest BCUT2D eigenvalue weighted by molar-refractivity contribution is -0.121. The Morgan fingerprint density at radius 3 is 2.53 bits per heavy atom.